The average molecular weight is 841 g/mol. The fourth-order valence-corrected chi connectivity index (χ4v) is 5.81. The Morgan fingerprint density at radius 2 is 0.950 bits per heavy atom. The van der Waals surface area contributed by atoms with Gasteiger partial charge in [0.1, 0.15) is 13.2 Å². The molecule has 0 aliphatic carbocycles. The fourth-order valence-electron chi connectivity index (χ4n) is 5.81. The second-order valence-corrected chi connectivity index (χ2v) is 16.3. The first-order chi connectivity index (χ1) is 29.1. The van der Waals surface area contributed by atoms with Crippen molar-refractivity contribution in [3.05, 3.63) is 85.1 Å². The lowest BCUT2D eigenvalue weighted by Gasteiger charge is -2.25. The number of likely N-dealkylation sites (N-methyl/N-ethyl adjacent to an activating group) is 1. The van der Waals surface area contributed by atoms with E-state index in [4.69, 9.17) is 18.9 Å². The molecule has 2 unspecified atom stereocenters. The first kappa shape index (κ1) is 56.5. The van der Waals surface area contributed by atoms with Crippen molar-refractivity contribution in [1.82, 2.24) is 0 Å². The number of allylic oxidation sites excluding steroid dienone is 14. The standard InChI is InChI=1S/C51H85NO8/c1-6-8-10-12-14-16-17-18-19-20-21-22-23-24-25-26-27-28-29-30-31-32-33-34-36-38-40-42-49(54)60-47(46-59-51(50(55)56)57-44-43-52(3,4)5)45-58-48(53)41-39-37-35-15-13-11-9-7-2/h8,10,14,16,18-19,21-22,24-25,27-28,30-31,47,51H,6-7,9,11-13,15,17,20,23,26,29,32-46H2,1-5H3/p+1/b10-8-,16-14-,19-18-,22-21-,25-24-,28-27-,31-30-. The van der Waals surface area contributed by atoms with E-state index < -0.39 is 24.3 Å². The lowest BCUT2D eigenvalue weighted by atomic mass is 10.1. The number of esters is 2. The van der Waals surface area contributed by atoms with Crippen molar-refractivity contribution in [2.24, 2.45) is 0 Å². The number of carbonyl (C=O) groups is 3. The number of carbonyl (C=O) groups excluding carboxylic acids is 2. The van der Waals surface area contributed by atoms with Gasteiger partial charge < -0.3 is 28.5 Å². The highest BCUT2D eigenvalue weighted by Gasteiger charge is 2.25. The molecule has 0 spiro atoms. The highest BCUT2D eigenvalue weighted by atomic mass is 16.7. The van der Waals surface area contributed by atoms with E-state index >= 15 is 0 Å². The fraction of sp³-hybridized carbons (Fsp3) is 0.667. The molecule has 9 nitrogen and oxygen atoms in total. The molecule has 0 fully saturated rings. The molecule has 0 aromatic carbocycles. The zero-order chi connectivity index (χ0) is 44.2. The summed E-state index contributed by atoms with van der Waals surface area (Å²) < 4.78 is 22.6. The van der Waals surface area contributed by atoms with Crippen LogP contribution in [0.2, 0.25) is 0 Å². The van der Waals surface area contributed by atoms with Crippen LogP contribution in [0, 0.1) is 0 Å². The molecule has 0 bridgehead atoms. The molecule has 0 aliphatic rings. The SMILES string of the molecule is CC/C=C\C/C=C\C/C=C\C/C=C\C/C=C\C/C=C\C/C=C\CCCCCCCC(=O)OC(COC(=O)CCCCCCCCCC)COC(OCC[N+](C)(C)C)C(=O)O. The molecule has 0 rings (SSSR count). The number of quaternary nitrogens is 1. The maximum Gasteiger partial charge on any atom is 0.361 e. The zero-order valence-electron chi connectivity index (χ0n) is 38.6. The van der Waals surface area contributed by atoms with E-state index in [1.54, 1.807) is 0 Å². The van der Waals surface area contributed by atoms with E-state index in [0.717, 1.165) is 96.3 Å². The number of aliphatic carboxylic acids is 1. The summed E-state index contributed by atoms with van der Waals surface area (Å²) in [6.45, 7) is 4.67. The van der Waals surface area contributed by atoms with Crippen LogP contribution in [0.5, 0.6) is 0 Å². The molecular weight excluding hydrogens is 755 g/mol. The number of carboxylic acid groups (broad SMARTS) is 1. The predicted octanol–water partition coefficient (Wildman–Crippen LogP) is 12.5. The van der Waals surface area contributed by atoms with Gasteiger partial charge in [0.15, 0.2) is 6.10 Å². The van der Waals surface area contributed by atoms with Crippen molar-refractivity contribution in [3.8, 4) is 0 Å². The third kappa shape index (κ3) is 42.6. The minimum atomic E-state index is -1.52. The lowest BCUT2D eigenvalue weighted by Crippen LogP contribution is -2.40. The third-order valence-corrected chi connectivity index (χ3v) is 9.42. The molecule has 0 radical (unpaired) electrons. The summed E-state index contributed by atoms with van der Waals surface area (Å²) in [6.07, 6.45) is 50.9. The second kappa shape index (κ2) is 42.2. The molecule has 0 heterocycles. The van der Waals surface area contributed by atoms with Gasteiger partial charge in [0.25, 0.3) is 6.29 Å². The Labute approximate surface area is 366 Å². The van der Waals surface area contributed by atoms with Crippen molar-refractivity contribution < 1.29 is 42.9 Å². The van der Waals surface area contributed by atoms with Crippen molar-refractivity contribution >= 4 is 17.9 Å². The van der Waals surface area contributed by atoms with Gasteiger partial charge in [0.05, 0.1) is 34.4 Å². The number of hydrogen-bond acceptors (Lipinski definition) is 7. The molecule has 9 heteroatoms. The quantitative estimate of drug-likeness (QED) is 0.0213. The summed E-state index contributed by atoms with van der Waals surface area (Å²) in [5, 5.41) is 9.61. The lowest BCUT2D eigenvalue weighted by molar-refractivity contribution is -0.870. The van der Waals surface area contributed by atoms with Gasteiger partial charge in [-0.3, -0.25) is 9.59 Å². The first-order valence-electron chi connectivity index (χ1n) is 23.3. The van der Waals surface area contributed by atoms with Gasteiger partial charge in [0.2, 0.25) is 0 Å². The highest BCUT2D eigenvalue weighted by Crippen LogP contribution is 2.13. The summed E-state index contributed by atoms with van der Waals surface area (Å²) in [5.41, 5.74) is 0. The Morgan fingerprint density at radius 3 is 1.42 bits per heavy atom. The topological polar surface area (TPSA) is 108 Å². The number of hydrogen-bond donors (Lipinski definition) is 1. The monoisotopic (exact) mass is 841 g/mol. The Hall–Kier alpha value is -3.53. The van der Waals surface area contributed by atoms with E-state index in [-0.39, 0.29) is 32.2 Å². The van der Waals surface area contributed by atoms with Crippen LogP contribution in [0.4, 0.5) is 0 Å². The Balaban J connectivity index is 4.34. The number of rotatable bonds is 41. The molecule has 0 saturated heterocycles. The maximum atomic E-state index is 12.7. The second-order valence-electron chi connectivity index (χ2n) is 16.3. The van der Waals surface area contributed by atoms with Crippen LogP contribution in [-0.2, 0) is 33.3 Å². The Kier molecular flexibility index (Phi) is 39.7. The Morgan fingerprint density at radius 1 is 0.517 bits per heavy atom. The molecule has 2 atom stereocenters. The smallest absolute Gasteiger partial charge is 0.361 e. The number of unbranched alkanes of at least 4 members (excludes halogenated alkanes) is 12. The number of nitrogens with zero attached hydrogens (tertiary/aromatic N) is 1. The molecule has 342 valence electrons. The normalized spacial score (nSPS) is 13.7. The van der Waals surface area contributed by atoms with Gasteiger partial charge in [-0.15, -0.1) is 0 Å². The van der Waals surface area contributed by atoms with E-state index in [1.165, 1.54) is 32.1 Å². The van der Waals surface area contributed by atoms with Crippen molar-refractivity contribution in [1.29, 1.82) is 0 Å². The summed E-state index contributed by atoms with van der Waals surface area (Å²) >= 11 is 0. The summed E-state index contributed by atoms with van der Waals surface area (Å²) in [7, 11) is 5.93. The summed E-state index contributed by atoms with van der Waals surface area (Å²) in [4.78, 5) is 37.0. The van der Waals surface area contributed by atoms with Crippen LogP contribution < -0.4 is 0 Å². The maximum absolute atomic E-state index is 12.7. The molecule has 60 heavy (non-hydrogen) atoms. The predicted molar refractivity (Wildman–Crippen MR) is 249 cm³/mol. The van der Waals surface area contributed by atoms with Crippen LogP contribution in [-0.4, -0.2) is 87.4 Å². The molecule has 0 aromatic heterocycles. The van der Waals surface area contributed by atoms with Gasteiger partial charge >= 0.3 is 17.9 Å². The van der Waals surface area contributed by atoms with Crippen LogP contribution in [0.25, 0.3) is 0 Å². The van der Waals surface area contributed by atoms with Gasteiger partial charge in [0, 0.05) is 12.8 Å². The van der Waals surface area contributed by atoms with E-state index in [0.29, 0.717) is 23.9 Å². The van der Waals surface area contributed by atoms with Crippen LogP contribution >= 0.6 is 0 Å². The third-order valence-electron chi connectivity index (χ3n) is 9.42. The molecular formula is C51H86NO8+. The van der Waals surface area contributed by atoms with Gasteiger partial charge in [-0.1, -0.05) is 163 Å². The van der Waals surface area contributed by atoms with E-state index in [1.807, 2.05) is 21.1 Å². The van der Waals surface area contributed by atoms with E-state index in [2.05, 4.69) is 98.9 Å². The van der Waals surface area contributed by atoms with Gasteiger partial charge in [-0.05, 0) is 70.6 Å². The number of ether oxygens (including phenoxy) is 4. The van der Waals surface area contributed by atoms with Gasteiger partial charge in [-0.25, -0.2) is 4.79 Å². The summed E-state index contributed by atoms with van der Waals surface area (Å²) in [6, 6.07) is 0. The molecule has 1 N–H and O–H groups in total. The number of carboxylic acids is 1. The minimum absolute atomic E-state index is 0.180. The highest BCUT2D eigenvalue weighted by molar-refractivity contribution is 5.71. The van der Waals surface area contributed by atoms with Crippen LogP contribution in [0.1, 0.15) is 162 Å². The molecule has 0 amide bonds. The van der Waals surface area contributed by atoms with Crippen molar-refractivity contribution in [3.63, 3.8) is 0 Å². The summed E-state index contributed by atoms with van der Waals surface area (Å²) in [5.74, 6) is -2.05. The van der Waals surface area contributed by atoms with Crippen LogP contribution in [0.3, 0.4) is 0 Å². The van der Waals surface area contributed by atoms with Crippen molar-refractivity contribution in [2.45, 2.75) is 174 Å². The van der Waals surface area contributed by atoms with Crippen molar-refractivity contribution in [2.75, 3.05) is 47.5 Å². The molecule has 0 aliphatic heterocycles. The minimum Gasteiger partial charge on any atom is -0.477 e. The largest absolute Gasteiger partial charge is 0.477 e. The molecule has 0 saturated carbocycles. The average Bonchev–Trinajstić information content (AvgIpc) is 3.21. The van der Waals surface area contributed by atoms with Crippen LogP contribution in [0.15, 0.2) is 85.1 Å². The molecule has 0 aromatic rings. The van der Waals surface area contributed by atoms with Gasteiger partial charge in [-0.2, -0.15) is 0 Å². The zero-order valence-corrected chi connectivity index (χ0v) is 38.6. The van der Waals surface area contributed by atoms with E-state index in [9.17, 15) is 19.5 Å². The Bertz CT molecular complexity index is 1260. The first-order valence-corrected chi connectivity index (χ1v) is 23.3.